The van der Waals surface area contributed by atoms with Gasteiger partial charge in [0, 0.05) is 24.8 Å². The molecule has 0 bridgehead atoms. The predicted molar refractivity (Wildman–Crippen MR) is 77.5 cm³/mol. The number of carbonyl (C=O) groups is 1. The quantitative estimate of drug-likeness (QED) is 0.885. The molecule has 2 rings (SSSR count). The molecule has 108 valence electrons. The zero-order valence-corrected chi connectivity index (χ0v) is 12.4. The number of nitrogens with zero attached hydrogens (tertiary/aromatic N) is 2. The van der Waals surface area contributed by atoms with Crippen molar-refractivity contribution in [3.05, 3.63) is 17.5 Å². The van der Waals surface area contributed by atoms with Crippen LogP contribution >= 0.6 is 12.4 Å². The molecule has 0 spiro atoms. The fraction of sp³-hybridized carbons (Fsp3) is 0.692. The van der Waals surface area contributed by atoms with Gasteiger partial charge in [0.25, 0.3) is 5.91 Å². The molecule has 0 radical (unpaired) electrons. The van der Waals surface area contributed by atoms with E-state index in [4.69, 9.17) is 5.73 Å². The first-order chi connectivity index (χ1) is 8.52. The molecular formula is C13H23ClN4O. The Bertz CT molecular complexity index is 438. The van der Waals surface area contributed by atoms with Gasteiger partial charge in [0.05, 0.1) is 11.8 Å². The molecule has 3 N–H and O–H groups in total. The van der Waals surface area contributed by atoms with Crippen LogP contribution in [-0.4, -0.2) is 27.8 Å². The van der Waals surface area contributed by atoms with Gasteiger partial charge in [-0.3, -0.25) is 9.48 Å². The van der Waals surface area contributed by atoms with Gasteiger partial charge >= 0.3 is 0 Å². The number of halogens is 1. The summed E-state index contributed by atoms with van der Waals surface area (Å²) in [7, 11) is 1.83. The number of aromatic nitrogens is 2. The molecule has 1 aliphatic rings. The summed E-state index contributed by atoms with van der Waals surface area (Å²) >= 11 is 0. The summed E-state index contributed by atoms with van der Waals surface area (Å²) in [6.07, 6.45) is 7.19. The molecule has 0 unspecified atom stereocenters. The highest BCUT2D eigenvalue weighted by Gasteiger charge is 2.28. The van der Waals surface area contributed by atoms with Crippen LogP contribution in [0.15, 0.2) is 6.20 Å². The Kier molecular flexibility index (Phi) is 5.38. The monoisotopic (exact) mass is 286 g/mol. The summed E-state index contributed by atoms with van der Waals surface area (Å²) in [6.45, 7) is 2.45. The Labute approximate surface area is 120 Å². The summed E-state index contributed by atoms with van der Waals surface area (Å²) in [4.78, 5) is 12.0. The summed E-state index contributed by atoms with van der Waals surface area (Å²) in [5, 5.41) is 7.02. The van der Waals surface area contributed by atoms with Gasteiger partial charge in [-0.2, -0.15) is 5.10 Å². The maximum Gasteiger partial charge on any atom is 0.254 e. The van der Waals surface area contributed by atoms with E-state index < -0.39 is 0 Å². The first-order valence-corrected chi connectivity index (χ1v) is 6.57. The van der Waals surface area contributed by atoms with Crippen molar-refractivity contribution < 1.29 is 4.79 Å². The lowest BCUT2D eigenvalue weighted by molar-refractivity contribution is 0.0937. The molecule has 0 saturated heterocycles. The number of amides is 1. The van der Waals surface area contributed by atoms with E-state index in [1.54, 1.807) is 10.9 Å². The number of carbonyl (C=O) groups excluding carboxylic acids is 1. The van der Waals surface area contributed by atoms with Gasteiger partial charge in [0.2, 0.25) is 0 Å². The second kappa shape index (κ2) is 6.39. The minimum absolute atomic E-state index is 0. The van der Waals surface area contributed by atoms with Crippen LogP contribution in [0.4, 0.5) is 0 Å². The molecule has 6 heteroatoms. The molecule has 19 heavy (non-hydrogen) atoms. The predicted octanol–water partition coefficient (Wildman–Crippen LogP) is 1.54. The molecule has 1 aromatic heterocycles. The summed E-state index contributed by atoms with van der Waals surface area (Å²) in [5.74, 6) is -0.0731. The largest absolute Gasteiger partial charge is 0.350 e. The lowest BCUT2D eigenvalue weighted by Gasteiger charge is -2.33. The van der Waals surface area contributed by atoms with Gasteiger partial charge in [-0.05, 0) is 19.8 Å². The second-order valence-corrected chi connectivity index (χ2v) is 5.37. The topological polar surface area (TPSA) is 72.9 Å². The van der Waals surface area contributed by atoms with E-state index in [9.17, 15) is 4.79 Å². The first kappa shape index (κ1) is 16.0. The molecular weight excluding hydrogens is 264 g/mol. The Morgan fingerprint density at radius 3 is 2.63 bits per heavy atom. The van der Waals surface area contributed by atoms with Gasteiger partial charge in [-0.15, -0.1) is 12.4 Å². The van der Waals surface area contributed by atoms with Gasteiger partial charge in [0.15, 0.2) is 0 Å². The van der Waals surface area contributed by atoms with Crippen molar-refractivity contribution in [2.75, 3.05) is 6.54 Å². The van der Waals surface area contributed by atoms with E-state index in [1.165, 1.54) is 6.42 Å². The summed E-state index contributed by atoms with van der Waals surface area (Å²) in [6, 6.07) is 0. The average molecular weight is 287 g/mol. The zero-order chi connectivity index (χ0) is 13.2. The fourth-order valence-corrected chi connectivity index (χ4v) is 2.51. The minimum atomic E-state index is -0.218. The standard InChI is InChI=1S/C13H22N4O.ClH/c1-10-11(8-16-17(10)2)12(18)15-9-13(14)6-4-3-5-7-13;/h8H,3-7,9,14H2,1-2H3,(H,15,18);1H. The third kappa shape index (κ3) is 3.70. The van der Waals surface area contributed by atoms with E-state index >= 15 is 0 Å². The van der Waals surface area contributed by atoms with Gasteiger partial charge in [0.1, 0.15) is 0 Å². The van der Waals surface area contributed by atoms with Crippen LogP contribution in [-0.2, 0) is 7.05 Å². The molecule has 5 nitrogen and oxygen atoms in total. The maximum absolute atomic E-state index is 12.0. The summed E-state index contributed by atoms with van der Waals surface area (Å²) < 4.78 is 1.70. The first-order valence-electron chi connectivity index (χ1n) is 6.57. The lowest BCUT2D eigenvalue weighted by atomic mass is 9.82. The van der Waals surface area contributed by atoms with Crippen molar-refractivity contribution in [1.29, 1.82) is 0 Å². The van der Waals surface area contributed by atoms with E-state index in [0.717, 1.165) is 31.4 Å². The normalized spacial score (nSPS) is 17.6. The van der Waals surface area contributed by atoms with Crippen LogP contribution in [0.3, 0.4) is 0 Å². The van der Waals surface area contributed by atoms with Crippen molar-refractivity contribution in [3.8, 4) is 0 Å². The van der Waals surface area contributed by atoms with Crippen LogP contribution in [0, 0.1) is 6.92 Å². The third-order valence-electron chi connectivity index (χ3n) is 3.93. The molecule has 1 amide bonds. The SMILES string of the molecule is Cc1c(C(=O)NCC2(N)CCCCC2)cnn1C.Cl. The second-order valence-electron chi connectivity index (χ2n) is 5.37. The van der Waals surface area contributed by atoms with E-state index in [2.05, 4.69) is 10.4 Å². The molecule has 0 aliphatic heterocycles. The van der Waals surface area contributed by atoms with Gasteiger partial charge in [-0.25, -0.2) is 0 Å². The average Bonchev–Trinajstić information content (AvgIpc) is 2.68. The Morgan fingerprint density at radius 2 is 2.11 bits per heavy atom. The number of hydrogen-bond donors (Lipinski definition) is 2. The van der Waals surface area contributed by atoms with Crippen LogP contribution in [0.5, 0.6) is 0 Å². The number of nitrogens with one attached hydrogen (secondary N) is 1. The van der Waals surface area contributed by atoms with Crippen molar-refractivity contribution >= 4 is 18.3 Å². The molecule has 0 aromatic carbocycles. The third-order valence-corrected chi connectivity index (χ3v) is 3.93. The van der Waals surface area contributed by atoms with Crippen LogP contribution in [0.25, 0.3) is 0 Å². The highest BCUT2D eigenvalue weighted by atomic mass is 35.5. The Hall–Kier alpha value is -1.07. The van der Waals surface area contributed by atoms with Gasteiger partial charge in [-0.1, -0.05) is 19.3 Å². The molecule has 1 saturated carbocycles. The molecule has 1 fully saturated rings. The molecule has 1 aliphatic carbocycles. The van der Waals surface area contributed by atoms with Crippen LogP contribution < -0.4 is 11.1 Å². The highest BCUT2D eigenvalue weighted by molar-refractivity contribution is 5.95. The molecule has 1 aromatic rings. The minimum Gasteiger partial charge on any atom is -0.350 e. The van der Waals surface area contributed by atoms with E-state index in [-0.39, 0.29) is 23.9 Å². The maximum atomic E-state index is 12.0. The van der Waals surface area contributed by atoms with Gasteiger partial charge < -0.3 is 11.1 Å². The number of rotatable bonds is 3. The van der Waals surface area contributed by atoms with Crippen molar-refractivity contribution in [1.82, 2.24) is 15.1 Å². The summed E-state index contributed by atoms with van der Waals surface area (Å²) in [5.41, 5.74) is 7.59. The smallest absolute Gasteiger partial charge is 0.254 e. The zero-order valence-electron chi connectivity index (χ0n) is 11.6. The van der Waals surface area contributed by atoms with Crippen LogP contribution in [0.1, 0.15) is 48.2 Å². The van der Waals surface area contributed by atoms with Crippen molar-refractivity contribution in [2.45, 2.75) is 44.6 Å². The van der Waals surface area contributed by atoms with E-state index in [1.807, 2.05) is 14.0 Å². The van der Waals surface area contributed by atoms with E-state index in [0.29, 0.717) is 12.1 Å². The van der Waals surface area contributed by atoms with Crippen molar-refractivity contribution in [2.24, 2.45) is 12.8 Å². The lowest BCUT2D eigenvalue weighted by Crippen LogP contribution is -2.51. The molecule has 0 atom stereocenters. The Morgan fingerprint density at radius 1 is 1.47 bits per heavy atom. The number of nitrogens with two attached hydrogens (primary N) is 1. The number of hydrogen-bond acceptors (Lipinski definition) is 3. The van der Waals surface area contributed by atoms with Crippen LogP contribution in [0.2, 0.25) is 0 Å². The van der Waals surface area contributed by atoms with Crippen molar-refractivity contribution in [3.63, 3.8) is 0 Å². The molecule has 1 heterocycles. The Balaban J connectivity index is 0.00000180. The number of aryl methyl sites for hydroxylation is 1. The fourth-order valence-electron chi connectivity index (χ4n) is 2.51. The highest BCUT2D eigenvalue weighted by Crippen LogP contribution is 2.25.